The smallest absolute Gasteiger partial charge is 0.352 e. The number of aromatic amines is 1. The van der Waals surface area contributed by atoms with Crippen molar-refractivity contribution < 1.29 is 14.6 Å². The number of aromatic carboxylic acids is 1. The lowest BCUT2D eigenvalue weighted by Gasteiger charge is -2.30. The molecule has 1 aliphatic rings. The number of carboxylic acid groups (broad SMARTS) is 1. The summed E-state index contributed by atoms with van der Waals surface area (Å²) < 4.78 is 5.71. The van der Waals surface area contributed by atoms with Gasteiger partial charge in [0.15, 0.2) is 0 Å². The van der Waals surface area contributed by atoms with Crippen LogP contribution in [0.25, 0.3) is 10.9 Å². The molecule has 1 fully saturated rings. The fourth-order valence-electron chi connectivity index (χ4n) is 2.40. The minimum Gasteiger partial charge on any atom is -0.494 e. The fraction of sp³-hybridized carbons (Fsp3) is 0.400. The highest BCUT2D eigenvalue weighted by atomic mass is 16.5. The van der Waals surface area contributed by atoms with Crippen LogP contribution in [0.15, 0.2) is 24.3 Å². The molecule has 2 N–H and O–H groups in total. The molecule has 20 heavy (non-hydrogen) atoms. The Hall–Kier alpha value is -2.01. The van der Waals surface area contributed by atoms with E-state index in [1.54, 1.807) is 6.07 Å². The highest BCUT2D eigenvalue weighted by Crippen LogP contribution is 2.22. The van der Waals surface area contributed by atoms with Crippen LogP contribution in [0.5, 0.6) is 5.75 Å². The number of carbonyl (C=O) groups is 1. The Morgan fingerprint density at radius 1 is 1.35 bits per heavy atom. The molecule has 0 bridgehead atoms. The number of ether oxygens (including phenoxy) is 1. The van der Waals surface area contributed by atoms with Crippen molar-refractivity contribution in [1.82, 2.24) is 9.88 Å². The van der Waals surface area contributed by atoms with Crippen LogP contribution in [0.3, 0.4) is 0 Å². The summed E-state index contributed by atoms with van der Waals surface area (Å²) in [6.45, 7) is 4.22. The molecule has 5 nitrogen and oxygen atoms in total. The Balaban J connectivity index is 1.58. The number of hydrogen-bond acceptors (Lipinski definition) is 3. The van der Waals surface area contributed by atoms with E-state index in [0.29, 0.717) is 6.61 Å². The highest BCUT2D eigenvalue weighted by molar-refractivity contribution is 5.94. The monoisotopic (exact) mass is 274 g/mol. The van der Waals surface area contributed by atoms with Crippen molar-refractivity contribution in [3.63, 3.8) is 0 Å². The zero-order chi connectivity index (χ0) is 13.9. The first-order valence-electron chi connectivity index (χ1n) is 6.93. The Kier molecular flexibility index (Phi) is 3.60. The normalized spacial score (nSPS) is 15.2. The average molecular weight is 274 g/mol. The van der Waals surface area contributed by atoms with Gasteiger partial charge in [-0.2, -0.15) is 0 Å². The third-order valence-corrected chi connectivity index (χ3v) is 3.66. The molecule has 0 saturated carbocycles. The second-order valence-corrected chi connectivity index (χ2v) is 5.13. The van der Waals surface area contributed by atoms with Gasteiger partial charge in [-0.05, 0) is 50.2 Å². The quantitative estimate of drug-likeness (QED) is 0.793. The number of fused-ring (bicyclic) bond motifs is 1. The lowest BCUT2D eigenvalue weighted by Crippen LogP contribution is -2.38. The van der Waals surface area contributed by atoms with Crippen molar-refractivity contribution in [2.45, 2.75) is 12.8 Å². The van der Waals surface area contributed by atoms with Gasteiger partial charge in [0.1, 0.15) is 11.4 Å². The standard InChI is InChI=1S/C15H18N2O3/c18-15(19)14-10-11-9-12(3-4-13(11)16-14)20-8-2-7-17-5-1-6-17/h3-4,9-10,16H,1-2,5-8H2,(H,18,19). The Labute approximate surface area is 117 Å². The minimum atomic E-state index is -0.946. The van der Waals surface area contributed by atoms with Crippen LogP contribution in [-0.4, -0.2) is 47.2 Å². The summed E-state index contributed by atoms with van der Waals surface area (Å²) in [6.07, 6.45) is 2.34. The van der Waals surface area contributed by atoms with E-state index in [2.05, 4.69) is 9.88 Å². The third kappa shape index (κ3) is 2.77. The second-order valence-electron chi connectivity index (χ2n) is 5.13. The van der Waals surface area contributed by atoms with Crippen LogP contribution >= 0.6 is 0 Å². The van der Waals surface area contributed by atoms with Gasteiger partial charge in [-0.1, -0.05) is 0 Å². The molecule has 0 unspecified atom stereocenters. The van der Waals surface area contributed by atoms with Crippen LogP contribution in [-0.2, 0) is 0 Å². The number of likely N-dealkylation sites (tertiary alicyclic amines) is 1. The zero-order valence-corrected chi connectivity index (χ0v) is 11.3. The molecule has 1 aliphatic heterocycles. The first kappa shape index (κ1) is 13.0. The summed E-state index contributed by atoms with van der Waals surface area (Å²) in [6, 6.07) is 7.23. The molecule has 0 amide bonds. The van der Waals surface area contributed by atoms with Gasteiger partial charge in [-0.25, -0.2) is 4.79 Å². The van der Waals surface area contributed by atoms with Gasteiger partial charge in [0.25, 0.3) is 0 Å². The number of nitrogens with zero attached hydrogens (tertiary/aromatic N) is 1. The first-order valence-corrected chi connectivity index (χ1v) is 6.93. The molecular weight excluding hydrogens is 256 g/mol. The zero-order valence-electron chi connectivity index (χ0n) is 11.3. The lowest BCUT2D eigenvalue weighted by atomic mass is 10.2. The number of rotatable bonds is 6. The topological polar surface area (TPSA) is 65.6 Å². The molecule has 3 rings (SSSR count). The molecule has 5 heteroatoms. The molecule has 2 heterocycles. The van der Waals surface area contributed by atoms with E-state index in [1.807, 2.05) is 18.2 Å². The van der Waals surface area contributed by atoms with E-state index in [-0.39, 0.29) is 5.69 Å². The van der Waals surface area contributed by atoms with Gasteiger partial charge < -0.3 is 19.7 Å². The summed E-state index contributed by atoms with van der Waals surface area (Å²) in [5, 5.41) is 9.81. The third-order valence-electron chi connectivity index (χ3n) is 3.66. The number of aromatic nitrogens is 1. The van der Waals surface area contributed by atoms with Crippen molar-refractivity contribution in [3.8, 4) is 5.75 Å². The van der Waals surface area contributed by atoms with Crippen LogP contribution < -0.4 is 4.74 Å². The average Bonchev–Trinajstić information content (AvgIpc) is 2.79. The summed E-state index contributed by atoms with van der Waals surface area (Å²) in [7, 11) is 0. The van der Waals surface area contributed by atoms with Crippen LogP contribution in [0.1, 0.15) is 23.3 Å². The van der Waals surface area contributed by atoms with E-state index in [4.69, 9.17) is 9.84 Å². The summed E-state index contributed by atoms with van der Waals surface area (Å²) >= 11 is 0. The largest absolute Gasteiger partial charge is 0.494 e. The predicted octanol–water partition coefficient (Wildman–Crippen LogP) is 2.34. The summed E-state index contributed by atoms with van der Waals surface area (Å²) in [5.41, 5.74) is 1.02. The van der Waals surface area contributed by atoms with Crippen molar-refractivity contribution in [2.75, 3.05) is 26.2 Å². The van der Waals surface area contributed by atoms with E-state index >= 15 is 0 Å². The molecule has 1 aromatic carbocycles. The van der Waals surface area contributed by atoms with E-state index in [9.17, 15) is 4.79 Å². The maximum atomic E-state index is 10.9. The van der Waals surface area contributed by atoms with Crippen molar-refractivity contribution >= 4 is 16.9 Å². The van der Waals surface area contributed by atoms with E-state index in [1.165, 1.54) is 19.5 Å². The van der Waals surface area contributed by atoms with Gasteiger partial charge in [-0.3, -0.25) is 0 Å². The van der Waals surface area contributed by atoms with Gasteiger partial charge in [0, 0.05) is 17.4 Å². The number of benzene rings is 1. The summed E-state index contributed by atoms with van der Waals surface area (Å²) in [4.78, 5) is 16.2. The van der Waals surface area contributed by atoms with E-state index in [0.717, 1.165) is 29.6 Å². The molecule has 1 saturated heterocycles. The van der Waals surface area contributed by atoms with Crippen molar-refractivity contribution in [2.24, 2.45) is 0 Å². The molecule has 106 valence electrons. The lowest BCUT2D eigenvalue weighted by molar-refractivity contribution is 0.0691. The predicted molar refractivity (Wildman–Crippen MR) is 76.4 cm³/mol. The molecule has 0 spiro atoms. The Bertz CT molecular complexity index is 617. The molecular formula is C15H18N2O3. The van der Waals surface area contributed by atoms with Crippen LogP contribution in [0.4, 0.5) is 0 Å². The second kappa shape index (κ2) is 5.54. The maximum absolute atomic E-state index is 10.9. The summed E-state index contributed by atoms with van der Waals surface area (Å²) in [5.74, 6) is -0.157. The highest BCUT2D eigenvalue weighted by Gasteiger charge is 2.12. The van der Waals surface area contributed by atoms with Crippen molar-refractivity contribution in [3.05, 3.63) is 30.0 Å². The van der Waals surface area contributed by atoms with E-state index < -0.39 is 5.97 Å². The van der Waals surface area contributed by atoms with Crippen LogP contribution in [0, 0.1) is 0 Å². The Morgan fingerprint density at radius 2 is 2.20 bits per heavy atom. The molecule has 0 atom stereocenters. The molecule has 0 radical (unpaired) electrons. The van der Waals surface area contributed by atoms with Gasteiger partial charge in [0.05, 0.1) is 6.61 Å². The minimum absolute atomic E-state index is 0.204. The SMILES string of the molecule is O=C(O)c1cc2cc(OCCCN3CCC3)ccc2[nH]1. The fourth-order valence-corrected chi connectivity index (χ4v) is 2.40. The maximum Gasteiger partial charge on any atom is 0.352 e. The van der Waals surface area contributed by atoms with Crippen molar-refractivity contribution in [1.29, 1.82) is 0 Å². The molecule has 0 aliphatic carbocycles. The molecule has 1 aromatic heterocycles. The number of hydrogen-bond donors (Lipinski definition) is 2. The van der Waals surface area contributed by atoms with Gasteiger partial charge in [0.2, 0.25) is 0 Å². The number of carboxylic acids is 1. The number of nitrogens with one attached hydrogen (secondary N) is 1. The first-order chi connectivity index (χ1) is 9.72. The van der Waals surface area contributed by atoms with Gasteiger partial charge in [-0.15, -0.1) is 0 Å². The Morgan fingerprint density at radius 3 is 2.90 bits per heavy atom. The van der Waals surface area contributed by atoms with Crippen LogP contribution in [0.2, 0.25) is 0 Å². The van der Waals surface area contributed by atoms with Gasteiger partial charge >= 0.3 is 5.97 Å². The molecule has 2 aromatic rings. The number of H-pyrrole nitrogens is 1.